The molecule has 0 heterocycles. The third-order valence-electron chi connectivity index (χ3n) is 6.69. The van der Waals surface area contributed by atoms with Crippen molar-refractivity contribution in [1.29, 1.82) is 0 Å². The summed E-state index contributed by atoms with van der Waals surface area (Å²) in [6, 6.07) is 17.4. The average molecular weight is 570 g/mol. The van der Waals surface area contributed by atoms with Crippen LogP contribution < -0.4 is 14.4 Å². The van der Waals surface area contributed by atoms with E-state index in [2.05, 4.69) is 5.32 Å². The first kappa shape index (κ1) is 30.6. The summed E-state index contributed by atoms with van der Waals surface area (Å²) in [6.07, 6.45) is 0.695. The molecule has 0 spiro atoms. The number of aryl methyl sites for hydroxylation is 1. The van der Waals surface area contributed by atoms with Gasteiger partial charge in [-0.15, -0.1) is 0 Å². The molecule has 0 aliphatic rings. The molecule has 8 nitrogen and oxygen atoms in total. The molecule has 2 amide bonds. The molecule has 0 saturated carbocycles. The van der Waals surface area contributed by atoms with Gasteiger partial charge < -0.3 is 15.0 Å². The second-order valence-corrected chi connectivity index (χ2v) is 11.5. The first-order chi connectivity index (χ1) is 19.0. The van der Waals surface area contributed by atoms with Gasteiger partial charge in [0.05, 0.1) is 17.7 Å². The Kier molecular flexibility index (Phi) is 10.3. The highest BCUT2D eigenvalue weighted by Crippen LogP contribution is 2.27. The number of sulfonamides is 1. The van der Waals surface area contributed by atoms with E-state index in [0.29, 0.717) is 17.7 Å². The van der Waals surface area contributed by atoms with E-state index in [1.807, 2.05) is 20.8 Å². The Hall–Kier alpha value is -3.92. The molecule has 3 rings (SSSR count). The molecule has 214 valence electrons. The number of carbonyl (C=O) groups excluding carboxylic acids is 2. The molecule has 0 aliphatic heterocycles. The van der Waals surface area contributed by atoms with Gasteiger partial charge >= 0.3 is 0 Å². The fourth-order valence-electron chi connectivity index (χ4n) is 3.98. The minimum absolute atomic E-state index is 0.0214. The number of hydrogen-bond acceptors (Lipinski definition) is 5. The number of benzene rings is 3. The van der Waals surface area contributed by atoms with Gasteiger partial charge in [0.15, 0.2) is 0 Å². The number of para-hydroxylation sites is 1. The third-order valence-corrected chi connectivity index (χ3v) is 8.46. The van der Waals surface area contributed by atoms with Crippen molar-refractivity contribution >= 4 is 27.5 Å². The van der Waals surface area contributed by atoms with Crippen molar-refractivity contribution in [3.8, 4) is 5.75 Å². The largest absolute Gasteiger partial charge is 0.497 e. The number of ether oxygens (including phenoxy) is 1. The van der Waals surface area contributed by atoms with Gasteiger partial charge in [0.1, 0.15) is 24.2 Å². The van der Waals surface area contributed by atoms with Crippen LogP contribution in [0.5, 0.6) is 5.75 Å². The van der Waals surface area contributed by atoms with Crippen LogP contribution in [0.2, 0.25) is 0 Å². The second-order valence-electron chi connectivity index (χ2n) is 9.64. The van der Waals surface area contributed by atoms with Gasteiger partial charge in [0.2, 0.25) is 11.8 Å². The molecule has 40 heavy (non-hydrogen) atoms. The van der Waals surface area contributed by atoms with Crippen LogP contribution in [0.15, 0.2) is 77.7 Å². The van der Waals surface area contributed by atoms with Crippen molar-refractivity contribution in [1.82, 2.24) is 10.2 Å². The minimum Gasteiger partial charge on any atom is -0.497 e. The van der Waals surface area contributed by atoms with Crippen LogP contribution in [0, 0.1) is 12.7 Å². The van der Waals surface area contributed by atoms with Gasteiger partial charge in [0.25, 0.3) is 10.0 Å². The zero-order valence-corrected chi connectivity index (χ0v) is 24.2. The third kappa shape index (κ3) is 7.38. The summed E-state index contributed by atoms with van der Waals surface area (Å²) in [4.78, 5) is 28.2. The fourth-order valence-corrected chi connectivity index (χ4v) is 5.40. The van der Waals surface area contributed by atoms with Crippen molar-refractivity contribution in [3.05, 3.63) is 89.7 Å². The van der Waals surface area contributed by atoms with Gasteiger partial charge in [-0.2, -0.15) is 0 Å². The van der Waals surface area contributed by atoms with Gasteiger partial charge in [0, 0.05) is 12.6 Å². The summed E-state index contributed by atoms with van der Waals surface area (Å²) in [7, 11) is -2.80. The first-order valence-corrected chi connectivity index (χ1v) is 14.5. The monoisotopic (exact) mass is 569 g/mol. The first-order valence-electron chi connectivity index (χ1n) is 13.0. The molecule has 0 radical (unpaired) electrons. The summed E-state index contributed by atoms with van der Waals surface area (Å²) in [5.74, 6) is -1.22. The van der Waals surface area contributed by atoms with E-state index < -0.39 is 34.3 Å². The predicted octanol–water partition coefficient (Wildman–Crippen LogP) is 4.67. The van der Waals surface area contributed by atoms with E-state index in [0.717, 1.165) is 15.9 Å². The van der Waals surface area contributed by atoms with Crippen LogP contribution in [-0.4, -0.2) is 50.9 Å². The quantitative estimate of drug-likeness (QED) is 0.342. The molecule has 10 heteroatoms. The maximum absolute atomic E-state index is 15.0. The summed E-state index contributed by atoms with van der Waals surface area (Å²) >= 11 is 0. The molecule has 0 saturated heterocycles. The van der Waals surface area contributed by atoms with E-state index in [-0.39, 0.29) is 29.1 Å². The second kappa shape index (κ2) is 13.4. The Balaban J connectivity index is 2.03. The van der Waals surface area contributed by atoms with E-state index in [1.54, 1.807) is 43.3 Å². The number of rotatable bonds is 12. The van der Waals surface area contributed by atoms with Crippen LogP contribution in [-0.2, 0) is 26.2 Å². The SMILES string of the molecule is CC[C@@H](C)NC(=O)[C@@H](C)N(Cc1ccc(OC)cc1)C(=O)CN(c1ccccc1F)S(=O)(=O)c1ccc(C)cc1. The fraction of sp³-hybridized carbons (Fsp3) is 0.333. The standard InChI is InChI=1S/C30H36FN3O5S/c1-6-22(3)32-30(36)23(4)33(19-24-13-15-25(39-5)16-14-24)29(35)20-34(28-10-8-7-9-27(28)31)40(37,38)26-17-11-21(2)12-18-26/h7-18,22-23H,6,19-20H2,1-5H3,(H,32,36)/t22-,23-/m1/s1. The summed E-state index contributed by atoms with van der Waals surface area (Å²) in [5.41, 5.74) is 1.29. The van der Waals surface area contributed by atoms with Crippen molar-refractivity contribution in [2.24, 2.45) is 0 Å². The molecular weight excluding hydrogens is 533 g/mol. The van der Waals surface area contributed by atoms with E-state index in [4.69, 9.17) is 4.74 Å². The number of amides is 2. The van der Waals surface area contributed by atoms with Gasteiger partial charge in [-0.1, -0.05) is 48.9 Å². The molecule has 0 bridgehead atoms. The van der Waals surface area contributed by atoms with Crippen LogP contribution in [0.1, 0.15) is 38.3 Å². The highest BCUT2D eigenvalue weighted by molar-refractivity contribution is 7.92. The number of methoxy groups -OCH3 is 1. The lowest BCUT2D eigenvalue weighted by Crippen LogP contribution is -2.52. The van der Waals surface area contributed by atoms with Crippen molar-refractivity contribution in [2.75, 3.05) is 18.0 Å². The number of carbonyl (C=O) groups is 2. The van der Waals surface area contributed by atoms with Gasteiger partial charge in [-0.25, -0.2) is 12.8 Å². The molecule has 3 aromatic carbocycles. The molecular formula is C30H36FN3O5S. The highest BCUT2D eigenvalue weighted by atomic mass is 32.2. The minimum atomic E-state index is -4.34. The Morgan fingerprint density at radius 3 is 2.17 bits per heavy atom. The van der Waals surface area contributed by atoms with E-state index >= 15 is 0 Å². The maximum atomic E-state index is 15.0. The Morgan fingerprint density at radius 1 is 0.975 bits per heavy atom. The lowest BCUT2D eigenvalue weighted by molar-refractivity contribution is -0.139. The highest BCUT2D eigenvalue weighted by Gasteiger charge is 2.33. The normalized spacial score (nSPS) is 12.8. The molecule has 0 fully saturated rings. The molecule has 0 unspecified atom stereocenters. The molecule has 1 N–H and O–H groups in total. The van der Waals surface area contributed by atoms with Crippen molar-refractivity contribution in [2.45, 2.75) is 57.6 Å². The van der Waals surface area contributed by atoms with Crippen LogP contribution in [0.3, 0.4) is 0 Å². The summed E-state index contributed by atoms with van der Waals surface area (Å²) in [5, 5.41) is 2.88. The number of nitrogens with one attached hydrogen (secondary N) is 1. The summed E-state index contributed by atoms with van der Waals surface area (Å²) < 4.78 is 48.5. The number of hydrogen-bond donors (Lipinski definition) is 1. The number of halogens is 1. The lowest BCUT2D eigenvalue weighted by atomic mass is 10.1. The lowest BCUT2D eigenvalue weighted by Gasteiger charge is -2.32. The average Bonchev–Trinajstić information content (AvgIpc) is 2.95. The predicted molar refractivity (Wildman–Crippen MR) is 153 cm³/mol. The molecule has 2 atom stereocenters. The van der Waals surface area contributed by atoms with Crippen LogP contribution in [0.25, 0.3) is 0 Å². The van der Waals surface area contributed by atoms with Crippen molar-refractivity contribution < 1.29 is 27.1 Å². The smallest absolute Gasteiger partial charge is 0.264 e. The zero-order valence-electron chi connectivity index (χ0n) is 23.4. The zero-order chi connectivity index (χ0) is 29.4. The number of nitrogens with zero attached hydrogens (tertiary/aromatic N) is 2. The maximum Gasteiger partial charge on any atom is 0.264 e. The van der Waals surface area contributed by atoms with E-state index in [9.17, 15) is 22.4 Å². The summed E-state index contributed by atoms with van der Waals surface area (Å²) in [6.45, 7) is 6.49. The Labute approximate surface area is 235 Å². The number of anilines is 1. The van der Waals surface area contributed by atoms with Gasteiger partial charge in [-0.3, -0.25) is 13.9 Å². The topological polar surface area (TPSA) is 96.0 Å². The molecule has 0 aromatic heterocycles. The molecule has 3 aromatic rings. The Morgan fingerprint density at radius 2 is 1.60 bits per heavy atom. The van der Waals surface area contributed by atoms with Crippen molar-refractivity contribution in [3.63, 3.8) is 0 Å². The van der Waals surface area contributed by atoms with Crippen LogP contribution in [0.4, 0.5) is 10.1 Å². The van der Waals surface area contributed by atoms with Crippen LogP contribution >= 0.6 is 0 Å². The Bertz CT molecular complexity index is 1410. The van der Waals surface area contributed by atoms with E-state index in [1.165, 1.54) is 42.3 Å². The van der Waals surface area contributed by atoms with Gasteiger partial charge in [-0.05, 0) is 69.2 Å². The molecule has 0 aliphatic carbocycles.